The van der Waals surface area contributed by atoms with Crippen LogP contribution in [0.2, 0.25) is 0 Å². The van der Waals surface area contributed by atoms with Crippen LogP contribution in [0.4, 0.5) is 5.69 Å². The molecule has 3 heteroatoms. The van der Waals surface area contributed by atoms with Gasteiger partial charge in [-0.2, -0.15) is 0 Å². The second-order valence-electron chi connectivity index (χ2n) is 5.78. The number of hydrogen-bond donors (Lipinski definition) is 1. The number of halogens is 1. The minimum atomic E-state index is 0.489. The highest BCUT2D eigenvalue weighted by Gasteiger charge is 2.06. The molecule has 1 aromatic carbocycles. The lowest BCUT2D eigenvalue weighted by molar-refractivity contribution is 0.578. The van der Waals surface area contributed by atoms with Crippen molar-refractivity contribution in [3.05, 3.63) is 34.9 Å². The molecule has 1 N–H and O–H groups in total. The van der Waals surface area contributed by atoms with E-state index in [1.165, 1.54) is 43.9 Å². The van der Waals surface area contributed by atoms with Crippen molar-refractivity contribution >= 4 is 32.5 Å². The summed E-state index contributed by atoms with van der Waals surface area (Å²) < 4.78 is 1.02. The van der Waals surface area contributed by atoms with Crippen molar-refractivity contribution in [2.75, 3.05) is 5.32 Å². The summed E-state index contributed by atoms with van der Waals surface area (Å²) in [5, 5.41) is 4.79. The van der Waals surface area contributed by atoms with Crippen LogP contribution in [-0.4, -0.2) is 11.0 Å². The lowest BCUT2D eigenvalue weighted by Gasteiger charge is -2.16. The fourth-order valence-corrected chi connectivity index (χ4v) is 2.99. The van der Waals surface area contributed by atoms with E-state index < -0.39 is 0 Å². The molecule has 0 aliphatic rings. The van der Waals surface area contributed by atoms with Gasteiger partial charge in [-0.15, -0.1) is 0 Å². The van der Waals surface area contributed by atoms with E-state index in [9.17, 15) is 0 Å². The Morgan fingerprint density at radius 2 is 2.00 bits per heavy atom. The predicted molar refractivity (Wildman–Crippen MR) is 95.9 cm³/mol. The average Bonchev–Trinajstić information content (AvgIpc) is 2.47. The quantitative estimate of drug-likeness (QED) is 0.578. The Balaban J connectivity index is 1.93. The van der Waals surface area contributed by atoms with Gasteiger partial charge < -0.3 is 5.32 Å². The molecule has 1 atom stereocenters. The van der Waals surface area contributed by atoms with Crippen LogP contribution >= 0.6 is 15.9 Å². The lowest BCUT2D eigenvalue weighted by atomic mass is 10.1. The largest absolute Gasteiger partial charge is 0.381 e. The van der Waals surface area contributed by atoms with Crippen LogP contribution in [0, 0.1) is 0 Å². The second-order valence-corrected chi connectivity index (χ2v) is 6.69. The van der Waals surface area contributed by atoms with E-state index in [-0.39, 0.29) is 0 Å². The van der Waals surface area contributed by atoms with Crippen molar-refractivity contribution in [2.24, 2.45) is 0 Å². The van der Waals surface area contributed by atoms with Gasteiger partial charge in [0, 0.05) is 22.1 Å². The molecule has 0 saturated heterocycles. The third-order valence-electron chi connectivity index (χ3n) is 3.82. The molecule has 0 spiro atoms. The van der Waals surface area contributed by atoms with Gasteiger partial charge in [-0.3, -0.25) is 4.98 Å². The number of unbranched alkanes of at least 4 members (excludes halogenated alkanes) is 4. The number of rotatable bonds is 8. The van der Waals surface area contributed by atoms with Crippen LogP contribution in [0.1, 0.15) is 52.4 Å². The number of fused-ring (bicyclic) bond motifs is 1. The summed E-state index contributed by atoms with van der Waals surface area (Å²) in [5.41, 5.74) is 2.19. The minimum Gasteiger partial charge on any atom is -0.381 e. The standard InChI is InChI=1S/C18H25BrN2/c1-3-4-5-6-7-9-14(2)21-17-11-8-10-15-12-16(19)13-20-18(15)17/h8,10-14,21H,3-7,9H2,1-2H3. The third kappa shape index (κ3) is 4.99. The average molecular weight is 349 g/mol. The molecule has 2 rings (SSSR count). The molecule has 0 bridgehead atoms. The van der Waals surface area contributed by atoms with Gasteiger partial charge in [0.1, 0.15) is 0 Å². The fraction of sp³-hybridized carbons (Fsp3) is 0.500. The first-order chi connectivity index (χ1) is 10.2. The summed E-state index contributed by atoms with van der Waals surface area (Å²) in [6.45, 7) is 4.52. The van der Waals surface area contributed by atoms with Crippen LogP contribution < -0.4 is 5.32 Å². The summed E-state index contributed by atoms with van der Waals surface area (Å²) in [5.74, 6) is 0. The molecule has 114 valence electrons. The maximum absolute atomic E-state index is 4.55. The van der Waals surface area contributed by atoms with Gasteiger partial charge in [-0.05, 0) is 41.4 Å². The summed E-state index contributed by atoms with van der Waals surface area (Å²) in [6.07, 6.45) is 9.78. The van der Waals surface area contributed by atoms with Crippen molar-refractivity contribution in [3.8, 4) is 0 Å². The normalized spacial score (nSPS) is 12.5. The maximum Gasteiger partial charge on any atom is 0.0934 e. The number of hydrogen-bond acceptors (Lipinski definition) is 2. The zero-order valence-electron chi connectivity index (χ0n) is 13.0. The molecular weight excluding hydrogens is 324 g/mol. The van der Waals surface area contributed by atoms with Crippen molar-refractivity contribution < 1.29 is 0 Å². The van der Waals surface area contributed by atoms with Crippen LogP contribution in [-0.2, 0) is 0 Å². The van der Waals surface area contributed by atoms with Crippen LogP contribution in [0.3, 0.4) is 0 Å². The second kappa shape index (κ2) is 8.38. The highest BCUT2D eigenvalue weighted by molar-refractivity contribution is 9.10. The maximum atomic E-state index is 4.55. The number of benzene rings is 1. The molecule has 0 aliphatic carbocycles. The van der Waals surface area contributed by atoms with E-state index in [4.69, 9.17) is 0 Å². The Labute approximate surface area is 136 Å². The molecule has 1 unspecified atom stereocenters. The summed E-state index contributed by atoms with van der Waals surface area (Å²) in [6, 6.07) is 8.92. The van der Waals surface area contributed by atoms with Gasteiger partial charge >= 0.3 is 0 Å². The highest BCUT2D eigenvalue weighted by Crippen LogP contribution is 2.25. The first-order valence-corrected chi connectivity index (χ1v) is 8.81. The SMILES string of the molecule is CCCCCCCC(C)Nc1cccc2cc(Br)cnc12. The van der Waals surface area contributed by atoms with Crippen molar-refractivity contribution in [2.45, 2.75) is 58.4 Å². The molecule has 2 aromatic rings. The predicted octanol–water partition coefficient (Wildman–Crippen LogP) is 6.16. The van der Waals surface area contributed by atoms with Gasteiger partial charge in [-0.1, -0.05) is 51.2 Å². The highest BCUT2D eigenvalue weighted by atomic mass is 79.9. The zero-order chi connectivity index (χ0) is 15.1. The van der Waals surface area contributed by atoms with Crippen molar-refractivity contribution in [1.29, 1.82) is 0 Å². The first-order valence-electron chi connectivity index (χ1n) is 8.01. The monoisotopic (exact) mass is 348 g/mol. The smallest absolute Gasteiger partial charge is 0.0934 e. The van der Waals surface area contributed by atoms with E-state index in [0.29, 0.717) is 6.04 Å². The fourth-order valence-electron chi connectivity index (χ4n) is 2.64. The van der Waals surface area contributed by atoms with Gasteiger partial charge in [0.25, 0.3) is 0 Å². The Morgan fingerprint density at radius 1 is 1.19 bits per heavy atom. The topological polar surface area (TPSA) is 24.9 Å². The van der Waals surface area contributed by atoms with Gasteiger partial charge in [-0.25, -0.2) is 0 Å². The number of para-hydroxylation sites is 1. The lowest BCUT2D eigenvalue weighted by Crippen LogP contribution is -2.15. The minimum absolute atomic E-state index is 0.489. The molecular formula is C18H25BrN2. The molecule has 2 nitrogen and oxygen atoms in total. The van der Waals surface area contributed by atoms with Crippen LogP contribution in [0.15, 0.2) is 34.9 Å². The number of aromatic nitrogens is 1. The van der Waals surface area contributed by atoms with E-state index in [0.717, 1.165) is 15.7 Å². The van der Waals surface area contributed by atoms with E-state index in [1.807, 2.05) is 6.20 Å². The zero-order valence-corrected chi connectivity index (χ0v) is 14.6. The van der Waals surface area contributed by atoms with Crippen LogP contribution in [0.5, 0.6) is 0 Å². The Morgan fingerprint density at radius 3 is 2.81 bits per heavy atom. The summed E-state index contributed by atoms with van der Waals surface area (Å²) in [4.78, 5) is 4.55. The third-order valence-corrected chi connectivity index (χ3v) is 4.25. The number of nitrogens with one attached hydrogen (secondary N) is 1. The van der Waals surface area contributed by atoms with E-state index >= 15 is 0 Å². The molecule has 0 saturated carbocycles. The van der Waals surface area contributed by atoms with Gasteiger partial charge in [0.05, 0.1) is 11.2 Å². The van der Waals surface area contributed by atoms with Crippen molar-refractivity contribution in [3.63, 3.8) is 0 Å². The Kier molecular flexibility index (Phi) is 6.50. The molecule has 0 aliphatic heterocycles. The van der Waals surface area contributed by atoms with Gasteiger partial charge in [0.2, 0.25) is 0 Å². The molecule has 21 heavy (non-hydrogen) atoms. The molecule has 1 heterocycles. The number of anilines is 1. The van der Waals surface area contributed by atoms with E-state index in [2.05, 4.69) is 64.3 Å². The Hall–Kier alpha value is -1.09. The number of pyridine rings is 1. The molecule has 1 aromatic heterocycles. The molecule has 0 fully saturated rings. The molecule has 0 amide bonds. The van der Waals surface area contributed by atoms with Crippen molar-refractivity contribution in [1.82, 2.24) is 4.98 Å². The number of nitrogens with zero attached hydrogens (tertiary/aromatic N) is 1. The summed E-state index contributed by atoms with van der Waals surface area (Å²) >= 11 is 3.48. The molecule has 0 radical (unpaired) electrons. The van der Waals surface area contributed by atoms with Crippen LogP contribution in [0.25, 0.3) is 10.9 Å². The first kappa shape index (κ1) is 16.3. The van der Waals surface area contributed by atoms with E-state index in [1.54, 1.807) is 0 Å². The Bertz CT molecular complexity index is 568. The van der Waals surface area contributed by atoms with Gasteiger partial charge in [0.15, 0.2) is 0 Å². The summed E-state index contributed by atoms with van der Waals surface area (Å²) in [7, 11) is 0.